The lowest BCUT2D eigenvalue weighted by atomic mass is 9.95. The number of carbonyl (C=O) groups excluding carboxylic acids is 3. The molecule has 18 nitrogen and oxygen atoms in total. The molecule has 1 aliphatic heterocycles. The number of aliphatic hydroxyl groups excluding tert-OH is 1. The summed E-state index contributed by atoms with van der Waals surface area (Å²) in [4.78, 5) is 76.6. The highest BCUT2D eigenvalue weighted by atomic mass is 31.2. The Balaban J connectivity index is 3.66. The maximum Gasteiger partial charge on any atom is 0.470 e. The predicted molar refractivity (Wildman–Crippen MR) is 351 cm³/mol. The van der Waals surface area contributed by atoms with Crippen molar-refractivity contribution in [3.63, 3.8) is 0 Å². The van der Waals surface area contributed by atoms with Crippen LogP contribution in [-0.4, -0.2) is 132 Å². The minimum absolute atomic E-state index is 0.0807. The topological polar surface area (TPSA) is 255 Å². The molecule has 9 atom stereocenters. The van der Waals surface area contributed by atoms with E-state index in [0.29, 0.717) is 39.1 Å². The number of carbonyl (C=O) groups is 4. The normalized spacial score (nSPS) is 18.4. The third-order valence-electron chi connectivity index (χ3n) is 16.9. The number of phosphoric acid groups is 1. The van der Waals surface area contributed by atoms with Crippen molar-refractivity contribution < 1.29 is 76.7 Å². The van der Waals surface area contributed by atoms with Crippen LogP contribution in [0.1, 0.15) is 330 Å². The summed E-state index contributed by atoms with van der Waals surface area (Å²) in [5.41, 5.74) is 0. The second kappa shape index (κ2) is 57.4. The number of hydrogen-bond acceptors (Lipinski definition) is 13. The summed E-state index contributed by atoms with van der Waals surface area (Å²) in [6.07, 6.45) is 35.0. The quantitative estimate of drug-likeness (QED) is 0.0188. The number of aliphatic carboxylic acids is 1. The van der Waals surface area contributed by atoms with E-state index in [2.05, 4.69) is 52.2 Å². The number of ether oxygens (including phenoxy) is 6. The molecule has 19 heteroatoms. The van der Waals surface area contributed by atoms with Gasteiger partial charge in [0.05, 0.1) is 50.8 Å². The van der Waals surface area contributed by atoms with Crippen LogP contribution < -0.4 is 10.6 Å². The molecule has 0 aliphatic carbocycles. The Morgan fingerprint density at radius 1 is 0.466 bits per heavy atom. The van der Waals surface area contributed by atoms with Gasteiger partial charge in [-0.3, -0.25) is 18.9 Å². The van der Waals surface area contributed by atoms with Crippen LogP contribution in [0.25, 0.3) is 0 Å². The number of carboxylic acid groups (broad SMARTS) is 1. The van der Waals surface area contributed by atoms with Gasteiger partial charge in [0.25, 0.3) is 0 Å². The lowest BCUT2D eigenvalue weighted by molar-refractivity contribution is -0.272. The van der Waals surface area contributed by atoms with Crippen LogP contribution in [0.4, 0.5) is 0 Å². The Morgan fingerprint density at radius 2 is 0.807 bits per heavy atom. The number of unbranched alkanes of at least 4 members (excludes halogenated alkanes) is 33. The molecular formula is C69H133N2O16P. The Bertz CT molecular complexity index is 1710. The molecule has 0 bridgehead atoms. The van der Waals surface area contributed by atoms with E-state index in [4.69, 9.17) is 32.9 Å². The molecule has 6 unspecified atom stereocenters. The molecule has 0 saturated carbocycles. The van der Waals surface area contributed by atoms with Gasteiger partial charge in [-0.25, -0.2) is 9.36 Å². The second-order valence-corrected chi connectivity index (χ2v) is 26.4. The lowest BCUT2D eigenvalue weighted by Crippen LogP contribution is -2.66. The molecular weight excluding hydrogens is 1140 g/mol. The fourth-order valence-corrected chi connectivity index (χ4v) is 12.1. The van der Waals surface area contributed by atoms with E-state index < -0.39 is 99.8 Å². The first kappa shape index (κ1) is 83.8. The number of phosphoric ester groups is 1. The Morgan fingerprint density at radius 3 is 1.16 bits per heavy atom. The highest BCUT2D eigenvalue weighted by molar-refractivity contribution is 7.46. The maximum absolute atomic E-state index is 14.6. The van der Waals surface area contributed by atoms with Gasteiger partial charge in [0, 0.05) is 19.8 Å². The Hall–Kier alpha value is -2.25. The van der Waals surface area contributed by atoms with Crippen LogP contribution in [-0.2, 0) is 56.7 Å². The Kier molecular flexibility index (Phi) is 54.7. The molecule has 2 amide bonds. The SMILES string of the molecule is CCCCCCCCCCCC(CC(=O)NC1C(OC[C@H](NC(=O)C[C@@H](CCCCCCCCCCC)OCCCCCC)C(=O)O)OC(CO)C(OP(=O)(O)O)C1OC(=O)C[C@@H](CCCCCCCCCCC)OCCCCCC)OCCCCCC. The van der Waals surface area contributed by atoms with Crippen LogP contribution in [0.15, 0.2) is 0 Å². The van der Waals surface area contributed by atoms with Crippen LogP contribution >= 0.6 is 7.82 Å². The second-order valence-electron chi connectivity index (χ2n) is 25.2. The van der Waals surface area contributed by atoms with E-state index in [-0.39, 0.29) is 19.3 Å². The summed E-state index contributed by atoms with van der Waals surface area (Å²) < 4.78 is 55.8. The molecule has 1 rings (SSSR count). The lowest BCUT2D eigenvalue weighted by Gasteiger charge is -2.45. The van der Waals surface area contributed by atoms with Crippen molar-refractivity contribution in [1.82, 2.24) is 10.6 Å². The first-order valence-electron chi connectivity index (χ1n) is 36.1. The zero-order valence-electron chi connectivity index (χ0n) is 56.7. The van der Waals surface area contributed by atoms with Gasteiger partial charge in [0.15, 0.2) is 18.4 Å². The number of carboxylic acids is 1. The van der Waals surface area contributed by atoms with Gasteiger partial charge >= 0.3 is 19.8 Å². The van der Waals surface area contributed by atoms with E-state index in [9.17, 15) is 43.7 Å². The minimum Gasteiger partial charge on any atom is -0.480 e. The number of hydrogen-bond donors (Lipinski definition) is 6. The van der Waals surface area contributed by atoms with Crippen molar-refractivity contribution >= 4 is 31.6 Å². The van der Waals surface area contributed by atoms with Gasteiger partial charge in [-0.05, 0) is 38.5 Å². The number of rotatable bonds is 64. The van der Waals surface area contributed by atoms with E-state index in [0.717, 1.165) is 154 Å². The molecule has 88 heavy (non-hydrogen) atoms. The van der Waals surface area contributed by atoms with Gasteiger partial charge in [0.1, 0.15) is 18.2 Å². The molecule has 1 fully saturated rings. The molecule has 0 aromatic rings. The van der Waals surface area contributed by atoms with Crippen LogP contribution in [0.2, 0.25) is 0 Å². The highest BCUT2D eigenvalue weighted by Crippen LogP contribution is 2.42. The molecule has 1 aliphatic rings. The zero-order valence-corrected chi connectivity index (χ0v) is 57.6. The van der Waals surface area contributed by atoms with Crippen molar-refractivity contribution in [2.45, 2.75) is 385 Å². The molecule has 1 saturated heterocycles. The van der Waals surface area contributed by atoms with E-state index in [1.165, 1.54) is 96.3 Å². The van der Waals surface area contributed by atoms with Crippen molar-refractivity contribution in [1.29, 1.82) is 0 Å². The summed E-state index contributed by atoms with van der Waals surface area (Å²) in [6.45, 7) is 12.7. The molecule has 520 valence electrons. The van der Waals surface area contributed by atoms with Gasteiger partial charge in [-0.1, -0.05) is 273 Å². The first-order valence-corrected chi connectivity index (χ1v) is 37.7. The number of amides is 2. The largest absolute Gasteiger partial charge is 0.480 e. The van der Waals surface area contributed by atoms with Gasteiger partial charge in [0.2, 0.25) is 11.8 Å². The van der Waals surface area contributed by atoms with E-state index >= 15 is 0 Å². The zero-order chi connectivity index (χ0) is 64.7. The molecule has 0 aromatic carbocycles. The van der Waals surface area contributed by atoms with Crippen molar-refractivity contribution in [2.24, 2.45) is 0 Å². The molecule has 6 N–H and O–H groups in total. The van der Waals surface area contributed by atoms with E-state index in [1.54, 1.807) is 0 Å². The van der Waals surface area contributed by atoms with E-state index in [1.807, 2.05) is 0 Å². The summed E-state index contributed by atoms with van der Waals surface area (Å²) in [6, 6.07) is -3.22. The fourth-order valence-electron chi connectivity index (χ4n) is 11.6. The highest BCUT2D eigenvalue weighted by Gasteiger charge is 2.52. The predicted octanol–water partition coefficient (Wildman–Crippen LogP) is 16.0. The standard InChI is InChI=1S/C69H133N2O16P/c1-7-13-19-25-28-31-34-37-40-46-57(81-49-43-22-16-10-4)52-62(73)70-60(68(76)77)56-84-69-65(71-63(74)53-58(82-50-44-23-17-11-5)47-41-38-35-32-29-26-20-14-8-2)67(66(61(55-72)85-69)87-88(78,79)80)86-64(75)54-59(83-51-45-24-18-12-6)48-42-39-36-33-30-27-21-15-9-3/h57-61,65-67,69,72H,7-56H2,1-6H3,(H,70,73)(H,71,74)(H,76,77)(H2,78,79,80)/t57-,58?,59-,60+,61?,65?,66?,67?,69?/m1/s1. The van der Waals surface area contributed by atoms with Crippen LogP contribution in [0.3, 0.4) is 0 Å². The van der Waals surface area contributed by atoms with Crippen molar-refractivity contribution in [3.8, 4) is 0 Å². The number of aliphatic hydroxyl groups is 1. The summed E-state index contributed by atoms with van der Waals surface area (Å²) >= 11 is 0. The molecule has 1 heterocycles. The monoisotopic (exact) mass is 1280 g/mol. The van der Waals surface area contributed by atoms with Gasteiger partial charge < -0.3 is 59.1 Å². The van der Waals surface area contributed by atoms with Crippen LogP contribution in [0.5, 0.6) is 0 Å². The van der Waals surface area contributed by atoms with Crippen LogP contribution in [0, 0.1) is 0 Å². The van der Waals surface area contributed by atoms with Gasteiger partial charge in [-0.2, -0.15) is 0 Å². The van der Waals surface area contributed by atoms with Crippen molar-refractivity contribution in [2.75, 3.05) is 33.0 Å². The molecule has 0 aromatic heterocycles. The summed E-state index contributed by atoms with van der Waals surface area (Å²) in [7, 11) is -5.42. The van der Waals surface area contributed by atoms with Crippen molar-refractivity contribution in [3.05, 3.63) is 0 Å². The molecule has 0 spiro atoms. The fraction of sp³-hybridized carbons (Fsp3) is 0.942. The maximum atomic E-state index is 14.6. The third kappa shape index (κ3) is 45.9. The minimum atomic E-state index is -5.42. The Labute approximate surface area is 535 Å². The summed E-state index contributed by atoms with van der Waals surface area (Å²) in [5.74, 6) is -3.38. The summed E-state index contributed by atoms with van der Waals surface area (Å²) in [5, 5.41) is 26.9. The molecule has 0 radical (unpaired) electrons. The smallest absolute Gasteiger partial charge is 0.470 e. The van der Waals surface area contributed by atoms with Gasteiger partial charge in [-0.15, -0.1) is 0 Å². The average Bonchev–Trinajstić information content (AvgIpc) is 3.07. The third-order valence-corrected chi connectivity index (χ3v) is 17.4. The first-order chi connectivity index (χ1) is 42.7. The number of esters is 1. The average molecular weight is 1280 g/mol. The number of nitrogens with one attached hydrogen (secondary N) is 2.